The molecule has 0 atom stereocenters. The van der Waals surface area contributed by atoms with Crippen LogP contribution in [0.5, 0.6) is 0 Å². The Labute approximate surface area is 176 Å². The quantitative estimate of drug-likeness (QED) is 0.453. The molecule has 0 radical (unpaired) electrons. The Hall–Kier alpha value is -3.13. The van der Waals surface area contributed by atoms with E-state index in [9.17, 15) is 9.59 Å². The smallest absolute Gasteiger partial charge is 0.419 e. The minimum Gasteiger partial charge on any atom is -0.464 e. The number of piperazine rings is 1. The molecule has 1 saturated heterocycles. The number of hydrazine groups is 1. The molecule has 2 heterocycles. The molecule has 0 unspecified atom stereocenters. The second kappa shape index (κ2) is 10.6. The van der Waals surface area contributed by atoms with Gasteiger partial charge in [-0.25, -0.2) is 10.2 Å². The molecule has 3 rings (SSSR count). The van der Waals surface area contributed by atoms with Gasteiger partial charge < -0.3 is 14.9 Å². The van der Waals surface area contributed by atoms with Gasteiger partial charge >= 0.3 is 6.09 Å². The van der Waals surface area contributed by atoms with Gasteiger partial charge in [-0.15, -0.1) is 0 Å². The Morgan fingerprint density at radius 3 is 2.20 bits per heavy atom. The standard InChI is InChI=1S/C22H29N5O3/c1-17(28)26-12-14-27(15-13-26)21-9-8-20(23-16-21)7-6-18-2-4-19(5-3-18)10-11-24-25-22(29)30/h2-5,8-9,16,24-25H,6-7,10-15H2,1H3,(H,29,30). The van der Waals surface area contributed by atoms with Gasteiger partial charge in [-0.05, 0) is 42.5 Å². The number of carbonyl (C=O) groups is 2. The molecular formula is C22H29N5O3. The molecule has 1 aliphatic rings. The van der Waals surface area contributed by atoms with Crippen LogP contribution in [0.1, 0.15) is 23.7 Å². The van der Waals surface area contributed by atoms with Crippen molar-refractivity contribution < 1.29 is 14.7 Å². The van der Waals surface area contributed by atoms with Gasteiger partial charge in [0, 0.05) is 45.3 Å². The Morgan fingerprint density at radius 2 is 1.63 bits per heavy atom. The van der Waals surface area contributed by atoms with Crippen LogP contribution in [0.3, 0.4) is 0 Å². The summed E-state index contributed by atoms with van der Waals surface area (Å²) in [5.41, 5.74) is 9.37. The molecule has 2 aromatic rings. The number of hydrogen-bond acceptors (Lipinski definition) is 5. The molecule has 0 aliphatic carbocycles. The largest absolute Gasteiger partial charge is 0.464 e. The Kier molecular flexibility index (Phi) is 7.62. The maximum atomic E-state index is 11.4. The fourth-order valence-electron chi connectivity index (χ4n) is 3.52. The van der Waals surface area contributed by atoms with E-state index < -0.39 is 6.09 Å². The fraction of sp³-hybridized carbons (Fsp3) is 0.409. The second-order valence-electron chi connectivity index (χ2n) is 7.42. The van der Waals surface area contributed by atoms with Crippen molar-refractivity contribution in [3.8, 4) is 0 Å². The average Bonchev–Trinajstić information content (AvgIpc) is 2.76. The van der Waals surface area contributed by atoms with Crippen LogP contribution in [-0.2, 0) is 24.1 Å². The maximum Gasteiger partial charge on any atom is 0.419 e. The zero-order valence-electron chi connectivity index (χ0n) is 17.3. The first-order chi connectivity index (χ1) is 14.5. The molecule has 1 aromatic carbocycles. The first kappa shape index (κ1) is 21.6. The lowest BCUT2D eigenvalue weighted by molar-refractivity contribution is -0.129. The summed E-state index contributed by atoms with van der Waals surface area (Å²) in [5.74, 6) is 0.142. The molecule has 0 saturated carbocycles. The van der Waals surface area contributed by atoms with Gasteiger partial charge in [0.2, 0.25) is 5.91 Å². The lowest BCUT2D eigenvalue weighted by Gasteiger charge is -2.35. The molecule has 8 heteroatoms. The average molecular weight is 412 g/mol. The molecule has 0 spiro atoms. The minimum atomic E-state index is -1.08. The summed E-state index contributed by atoms with van der Waals surface area (Å²) in [6.07, 6.45) is 3.40. The molecule has 0 bridgehead atoms. The summed E-state index contributed by atoms with van der Waals surface area (Å²) >= 11 is 0. The summed E-state index contributed by atoms with van der Waals surface area (Å²) in [5, 5.41) is 8.52. The zero-order chi connectivity index (χ0) is 21.3. The van der Waals surface area contributed by atoms with Crippen molar-refractivity contribution in [2.75, 3.05) is 37.6 Å². The fourth-order valence-corrected chi connectivity index (χ4v) is 3.52. The highest BCUT2D eigenvalue weighted by atomic mass is 16.4. The monoisotopic (exact) mass is 411 g/mol. The Bertz CT molecular complexity index is 831. The number of amides is 2. The van der Waals surface area contributed by atoms with E-state index in [1.165, 1.54) is 5.56 Å². The Morgan fingerprint density at radius 1 is 0.967 bits per heavy atom. The van der Waals surface area contributed by atoms with Gasteiger partial charge in [-0.3, -0.25) is 15.2 Å². The number of hydrogen-bond donors (Lipinski definition) is 3. The molecule has 1 fully saturated rings. The summed E-state index contributed by atoms with van der Waals surface area (Å²) in [4.78, 5) is 30.6. The van der Waals surface area contributed by atoms with Crippen LogP contribution in [0.15, 0.2) is 42.6 Å². The summed E-state index contributed by atoms with van der Waals surface area (Å²) < 4.78 is 0. The SMILES string of the molecule is CC(=O)N1CCN(c2ccc(CCc3ccc(CCNNC(=O)O)cc3)nc2)CC1. The number of carboxylic acid groups (broad SMARTS) is 1. The number of rotatable bonds is 8. The van der Waals surface area contributed by atoms with E-state index in [0.717, 1.165) is 62.4 Å². The van der Waals surface area contributed by atoms with Gasteiger partial charge in [0.15, 0.2) is 0 Å². The second-order valence-corrected chi connectivity index (χ2v) is 7.42. The van der Waals surface area contributed by atoms with Crippen LogP contribution in [-0.4, -0.2) is 59.7 Å². The predicted octanol–water partition coefficient (Wildman–Crippen LogP) is 1.85. The van der Waals surface area contributed by atoms with E-state index in [1.807, 2.05) is 11.1 Å². The molecule has 8 nitrogen and oxygen atoms in total. The van der Waals surface area contributed by atoms with Crippen LogP contribution in [0.25, 0.3) is 0 Å². The third-order valence-electron chi connectivity index (χ3n) is 5.33. The van der Waals surface area contributed by atoms with E-state index in [1.54, 1.807) is 6.92 Å². The third kappa shape index (κ3) is 6.45. The third-order valence-corrected chi connectivity index (χ3v) is 5.33. The van der Waals surface area contributed by atoms with Crippen molar-refractivity contribution in [1.29, 1.82) is 0 Å². The van der Waals surface area contributed by atoms with Crippen LogP contribution < -0.4 is 15.8 Å². The number of nitrogens with zero attached hydrogens (tertiary/aromatic N) is 3. The topological polar surface area (TPSA) is 97.8 Å². The normalized spacial score (nSPS) is 13.9. The predicted molar refractivity (Wildman–Crippen MR) is 115 cm³/mol. The van der Waals surface area contributed by atoms with Crippen molar-refractivity contribution in [2.45, 2.75) is 26.2 Å². The van der Waals surface area contributed by atoms with Crippen molar-refractivity contribution in [2.24, 2.45) is 0 Å². The van der Waals surface area contributed by atoms with Crippen molar-refractivity contribution >= 4 is 17.7 Å². The lowest BCUT2D eigenvalue weighted by atomic mass is 10.0. The summed E-state index contributed by atoms with van der Waals surface area (Å²) in [6.45, 7) is 5.38. The zero-order valence-corrected chi connectivity index (χ0v) is 17.3. The van der Waals surface area contributed by atoms with E-state index in [-0.39, 0.29) is 5.91 Å². The number of benzene rings is 1. The number of carbonyl (C=O) groups excluding carboxylic acids is 1. The molecule has 1 aliphatic heterocycles. The number of aromatic nitrogens is 1. The van der Waals surface area contributed by atoms with E-state index in [0.29, 0.717) is 6.54 Å². The van der Waals surface area contributed by atoms with Crippen LogP contribution >= 0.6 is 0 Å². The first-order valence-corrected chi connectivity index (χ1v) is 10.3. The molecule has 1 aromatic heterocycles. The van der Waals surface area contributed by atoms with Gasteiger partial charge in [0.25, 0.3) is 0 Å². The summed E-state index contributed by atoms with van der Waals surface area (Å²) in [6, 6.07) is 12.6. The van der Waals surface area contributed by atoms with Crippen molar-refractivity contribution in [3.05, 3.63) is 59.4 Å². The van der Waals surface area contributed by atoms with E-state index in [2.05, 4.69) is 57.1 Å². The summed E-state index contributed by atoms with van der Waals surface area (Å²) in [7, 11) is 0. The molecule has 30 heavy (non-hydrogen) atoms. The molecule has 3 N–H and O–H groups in total. The van der Waals surface area contributed by atoms with Gasteiger partial charge in [0.1, 0.15) is 0 Å². The van der Waals surface area contributed by atoms with E-state index >= 15 is 0 Å². The highest BCUT2D eigenvalue weighted by Crippen LogP contribution is 2.17. The molecule has 160 valence electrons. The minimum absolute atomic E-state index is 0.142. The molecular weight excluding hydrogens is 382 g/mol. The number of pyridine rings is 1. The van der Waals surface area contributed by atoms with Crippen molar-refractivity contribution in [3.63, 3.8) is 0 Å². The lowest BCUT2D eigenvalue weighted by Crippen LogP contribution is -2.48. The molecule has 2 amide bonds. The van der Waals surface area contributed by atoms with Crippen molar-refractivity contribution in [1.82, 2.24) is 20.7 Å². The number of anilines is 1. The number of nitrogens with one attached hydrogen (secondary N) is 2. The van der Waals surface area contributed by atoms with Crippen LogP contribution in [0, 0.1) is 0 Å². The van der Waals surface area contributed by atoms with Crippen LogP contribution in [0.2, 0.25) is 0 Å². The van der Waals surface area contributed by atoms with E-state index in [4.69, 9.17) is 5.11 Å². The van der Waals surface area contributed by atoms with Crippen LogP contribution in [0.4, 0.5) is 10.5 Å². The highest BCUT2D eigenvalue weighted by molar-refractivity contribution is 5.73. The maximum absolute atomic E-state index is 11.4. The van der Waals surface area contributed by atoms with Gasteiger partial charge in [-0.1, -0.05) is 24.3 Å². The number of aryl methyl sites for hydroxylation is 2. The highest BCUT2D eigenvalue weighted by Gasteiger charge is 2.18. The Balaban J connectivity index is 1.43. The first-order valence-electron chi connectivity index (χ1n) is 10.3. The van der Waals surface area contributed by atoms with Gasteiger partial charge in [0.05, 0.1) is 11.9 Å². The van der Waals surface area contributed by atoms with Gasteiger partial charge in [-0.2, -0.15) is 0 Å².